The summed E-state index contributed by atoms with van der Waals surface area (Å²) in [6.07, 6.45) is -0.910. The molecule has 0 spiro atoms. The van der Waals surface area contributed by atoms with Crippen LogP contribution in [0.3, 0.4) is 0 Å². The quantitative estimate of drug-likeness (QED) is 0.402. The Morgan fingerprint density at radius 1 is 1.19 bits per heavy atom. The van der Waals surface area contributed by atoms with E-state index in [4.69, 9.17) is 9.57 Å². The molecule has 6 nitrogen and oxygen atoms in total. The van der Waals surface area contributed by atoms with Crippen LogP contribution in [0.1, 0.15) is 10.4 Å². The number of methoxy groups -OCH3 is 1. The molecule has 0 aliphatic heterocycles. The number of nitrogens with one attached hydrogen (secondary N) is 2. The summed E-state index contributed by atoms with van der Waals surface area (Å²) in [6, 6.07) is 7.89. The van der Waals surface area contributed by atoms with Gasteiger partial charge in [0.2, 0.25) is 0 Å². The Morgan fingerprint density at radius 3 is 2.65 bits per heavy atom. The molecule has 2 aromatic carbocycles. The van der Waals surface area contributed by atoms with Crippen molar-refractivity contribution in [3.8, 4) is 0 Å². The molecule has 3 N–H and O–H groups in total. The van der Waals surface area contributed by atoms with Gasteiger partial charge in [-0.2, -0.15) is 0 Å². The van der Waals surface area contributed by atoms with Crippen molar-refractivity contribution in [1.82, 2.24) is 5.48 Å². The zero-order valence-corrected chi connectivity index (χ0v) is 15.9. The van der Waals surface area contributed by atoms with Crippen LogP contribution >= 0.6 is 22.6 Å². The van der Waals surface area contributed by atoms with Gasteiger partial charge < -0.3 is 15.2 Å². The SMILES string of the molecule is COCC(O)CONC(=O)c1ccc(F)cc1Nc1ccc(I)cc1F. The van der Waals surface area contributed by atoms with Crippen molar-refractivity contribution in [2.45, 2.75) is 6.10 Å². The fourth-order valence-electron chi connectivity index (χ4n) is 2.05. The van der Waals surface area contributed by atoms with Crippen molar-refractivity contribution in [3.05, 3.63) is 57.2 Å². The van der Waals surface area contributed by atoms with Crippen molar-refractivity contribution in [2.75, 3.05) is 25.6 Å². The smallest absolute Gasteiger partial charge is 0.276 e. The highest BCUT2D eigenvalue weighted by molar-refractivity contribution is 14.1. The molecule has 0 aliphatic carbocycles. The van der Waals surface area contributed by atoms with Crippen molar-refractivity contribution >= 4 is 39.9 Å². The Balaban J connectivity index is 2.12. The van der Waals surface area contributed by atoms with E-state index < -0.39 is 23.6 Å². The molecular weight excluding hydrogens is 461 g/mol. The minimum atomic E-state index is -0.910. The fraction of sp³-hybridized carbons (Fsp3) is 0.235. The predicted octanol–water partition coefficient (Wildman–Crippen LogP) is 2.98. The van der Waals surface area contributed by atoms with Crippen LogP contribution in [-0.2, 0) is 9.57 Å². The Labute approximate surface area is 162 Å². The number of rotatable bonds is 8. The first-order valence-corrected chi connectivity index (χ1v) is 8.59. The molecular formula is C17H17F2IN2O4. The number of halogens is 3. The Morgan fingerprint density at radius 2 is 1.96 bits per heavy atom. The summed E-state index contributed by atoms with van der Waals surface area (Å²) < 4.78 is 33.0. The van der Waals surface area contributed by atoms with Gasteiger partial charge >= 0.3 is 0 Å². The van der Waals surface area contributed by atoms with Crippen LogP contribution < -0.4 is 10.8 Å². The largest absolute Gasteiger partial charge is 0.388 e. The van der Waals surface area contributed by atoms with Gasteiger partial charge in [-0.3, -0.25) is 9.63 Å². The second-order valence-corrected chi connectivity index (χ2v) is 6.54. The Kier molecular flexibility index (Phi) is 7.69. The molecule has 0 heterocycles. The van der Waals surface area contributed by atoms with Crippen LogP contribution in [0.25, 0.3) is 0 Å². The van der Waals surface area contributed by atoms with E-state index in [1.807, 2.05) is 22.6 Å². The summed E-state index contributed by atoms with van der Waals surface area (Å²) in [5, 5.41) is 12.2. The number of benzene rings is 2. The summed E-state index contributed by atoms with van der Waals surface area (Å²) >= 11 is 1.96. The lowest BCUT2D eigenvalue weighted by molar-refractivity contribution is -0.0365. The molecule has 0 fully saturated rings. The number of aliphatic hydroxyl groups excluding tert-OH is 1. The molecule has 1 amide bonds. The van der Waals surface area contributed by atoms with Gasteiger partial charge in [-0.25, -0.2) is 14.3 Å². The van der Waals surface area contributed by atoms with E-state index in [-0.39, 0.29) is 30.2 Å². The highest BCUT2D eigenvalue weighted by atomic mass is 127. The third-order valence-corrected chi connectivity index (χ3v) is 3.90. The minimum absolute atomic E-state index is 0.0468. The second-order valence-electron chi connectivity index (χ2n) is 5.29. The highest BCUT2D eigenvalue weighted by Crippen LogP contribution is 2.25. The number of aliphatic hydroxyl groups is 1. The molecule has 0 bridgehead atoms. The van der Waals surface area contributed by atoms with E-state index in [1.165, 1.54) is 25.3 Å². The maximum absolute atomic E-state index is 14.0. The summed E-state index contributed by atoms with van der Waals surface area (Å²) in [7, 11) is 1.42. The molecule has 0 aromatic heterocycles. The lowest BCUT2D eigenvalue weighted by atomic mass is 10.1. The van der Waals surface area contributed by atoms with Gasteiger partial charge in [0.1, 0.15) is 24.3 Å². The number of amides is 1. The zero-order valence-electron chi connectivity index (χ0n) is 13.8. The number of ether oxygens (including phenoxy) is 1. The topological polar surface area (TPSA) is 79.8 Å². The molecule has 0 saturated carbocycles. The van der Waals surface area contributed by atoms with Crippen molar-refractivity contribution < 1.29 is 28.3 Å². The summed E-state index contributed by atoms with van der Waals surface area (Å²) in [5.41, 5.74) is 2.36. The lowest BCUT2D eigenvalue weighted by Gasteiger charge is -2.14. The Hall–Kier alpha value is -1.82. The standard InChI is InChI=1S/C17H17F2IN2O4/c1-25-8-12(23)9-26-22-17(24)13-4-2-10(18)6-16(13)21-15-5-3-11(20)7-14(15)19/h2-7,12,21,23H,8-9H2,1H3,(H,22,24). The Bertz CT molecular complexity index is 776. The maximum atomic E-state index is 14.0. The summed E-state index contributed by atoms with van der Waals surface area (Å²) in [6.45, 7) is -0.138. The van der Waals surface area contributed by atoms with Gasteiger partial charge in [0.15, 0.2) is 0 Å². The van der Waals surface area contributed by atoms with Crippen LogP contribution in [-0.4, -0.2) is 37.4 Å². The van der Waals surface area contributed by atoms with E-state index >= 15 is 0 Å². The third-order valence-electron chi connectivity index (χ3n) is 3.23. The van der Waals surface area contributed by atoms with E-state index in [9.17, 15) is 18.7 Å². The molecule has 0 radical (unpaired) electrons. The van der Waals surface area contributed by atoms with Crippen LogP contribution in [0.5, 0.6) is 0 Å². The normalized spacial score (nSPS) is 11.9. The average Bonchev–Trinajstić information content (AvgIpc) is 2.57. The molecule has 0 aliphatic rings. The molecule has 2 aromatic rings. The van der Waals surface area contributed by atoms with E-state index in [1.54, 1.807) is 6.07 Å². The lowest BCUT2D eigenvalue weighted by Crippen LogP contribution is -2.30. The van der Waals surface area contributed by atoms with E-state index in [0.29, 0.717) is 3.57 Å². The molecule has 9 heteroatoms. The van der Waals surface area contributed by atoms with Crippen molar-refractivity contribution in [1.29, 1.82) is 0 Å². The molecule has 0 saturated heterocycles. The minimum Gasteiger partial charge on any atom is -0.388 e. The number of anilines is 2. The molecule has 140 valence electrons. The maximum Gasteiger partial charge on any atom is 0.276 e. The van der Waals surface area contributed by atoms with Gasteiger partial charge in [-0.05, 0) is 59.0 Å². The second kappa shape index (κ2) is 9.76. The fourth-order valence-corrected chi connectivity index (χ4v) is 2.51. The van der Waals surface area contributed by atoms with E-state index in [0.717, 1.165) is 12.1 Å². The van der Waals surface area contributed by atoms with Gasteiger partial charge in [0.05, 0.1) is 23.5 Å². The van der Waals surface area contributed by atoms with Crippen LogP contribution in [0.4, 0.5) is 20.2 Å². The average molecular weight is 478 g/mol. The number of hydroxylamine groups is 1. The number of carbonyl (C=O) groups excluding carboxylic acids is 1. The van der Waals surface area contributed by atoms with Crippen molar-refractivity contribution in [2.24, 2.45) is 0 Å². The van der Waals surface area contributed by atoms with E-state index in [2.05, 4.69) is 10.8 Å². The first-order chi connectivity index (χ1) is 12.4. The van der Waals surface area contributed by atoms with Gasteiger partial charge in [-0.1, -0.05) is 0 Å². The number of hydrogen-bond donors (Lipinski definition) is 3. The number of hydrogen-bond acceptors (Lipinski definition) is 5. The van der Waals surface area contributed by atoms with Crippen LogP contribution in [0.15, 0.2) is 36.4 Å². The van der Waals surface area contributed by atoms with Crippen LogP contribution in [0, 0.1) is 15.2 Å². The molecule has 1 unspecified atom stereocenters. The summed E-state index contributed by atoms with van der Waals surface area (Å²) in [5.74, 6) is -1.80. The third kappa shape index (κ3) is 5.87. The molecule has 26 heavy (non-hydrogen) atoms. The van der Waals surface area contributed by atoms with Crippen LogP contribution in [0.2, 0.25) is 0 Å². The monoisotopic (exact) mass is 478 g/mol. The first-order valence-electron chi connectivity index (χ1n) is 7.51. The summed E-state index contributed by atoms with van der Waals surface area (Å²) in [4.78, 5) is 17.2. The first kappa shape index (κ1) is 20.5. The zero-order chi connectivity index (χ0) is 19.1. The highest BCUT2D eigenvalue weighted by Gasteiger charge is 2.15. The number of carbonyl (C=O) groups is 1. The molecule has 2 rings (SSSR count). The van der Waals surface area contributed by atoms with Crippen molar-refractivity contribution in [3.63, 3.8) is 0 Å². The molecule has 1 atom stereocenters. The van der Waals surface area contributed by atoms with Gasteiger partial charge in [0.25, 0.3) is 5.91 Å². The predicted molar refractivity (Wildman–Crippen MR) is 100 cm³/mol. The van der Waals surface area contributed by atoms with Gasteiger partial charge in [-0.15, -0.1) is 0 Å². The van der Waals surface area contributed by atoms with Gasteiger partial charge in [0, 0.05) is 10.7 Å².